The first-order valence-electron chi connectivity index (χ1n) is 8.88. The number of carboxylic acids is 2. The minimum atomic E-state index is -1.13. The number of aromatic carboxylic acids is 1. The molecule has 2 amide bonds. The van der Waals surface area contributed by atoms with E-state index in [-0.39, 0.29) is 28.5 Å². The maximum Gasteiger partial charge on any atom is 0.341 e. The molecule has 3 rings (SSSR count). The van der Waals surface area contributed by atoms with Gasteiger partial charge < -0.3 is 19.7 Å². The molecule has 2 aromatic rings. The molecule has 10 heteroatoms. The van der Waals surface area contributed by atoms with Gasteiger partial charge in [0.05, 0.1) is 24.1 Å². The Labute approximate surface area is 180 Å². The molecule has 2 N–H and O–H groups in total. The maximum absolute atomic E-state index is 12.7. The Bertz CT molecular complexity index is 1090. The van der Waals surface area contributed by atoms with Crippen molar-refractivity contribution in [1.29, 1.82) is 0 Å². The molecule has 0 saturated carbocycles. The summed E-state index contributed by atoms with van der Waals surface area (Å²) in [5, 5.41) is 17.4. The predicted octanol–water partition coefficient (Wildman–Crippen LogP) is 3.09. The molecule has 1 saturated heterocycles. The van der Waals surface area contributed by atoms with Crippen LogP contribution in [0.2, 0.25) is 0 Å². The minimum Gasteiger partial charge on any atom is -0.493 e. The van der Waals surface area contributed by atoms with Gasteiger partial charge in [-0.15, -0.1) is 0 Å². The van der Waals surface area contributed by atoms with Crippen molar-refractivity contribution in [2.45, 2.75) is 6.54 Å². The Morgan fingerprint density at radius 1 is 1.10 bits per heavy atom. The van der Waals surface area contributed by atoms with Crippen molar-refractivity contribution in [2.75, 3.05) is 13.7 Å². The SMILES string of the molecule is COc1cc(/C=C2\SC(=O)N(Cc3cccc(C(=O)O)c3)C2=O)ccc1OCC(=O)O. The normalized spacial score (nSPS) is 14.7. The molecule has 9 nitrogen and oxygen atoms in total. The fraction of sp³-hybridized carbons (Fsp3) is 0.143. The number of hydrogen-bond donors (Lipinski definition) is 2. The third kappa shape index (κ3) is 5.23. The molecule has 2 aromatic carbocycles. The Hall–Kier alpha value is -3.79. The van der Waals surface area contributed by atoms with Gasteiger partial charge in [-0.25, -0.2) is 9.59 Å². The van der Waals surface area contributed by atoms with Gasteiger partial charge in [-0.2, -0.15) is 0 Å². The molecule has 0 aliphatic carbocycles. The summed E-state index contributed by atoms with van der Waals surface area (Å²) in [5.41, 5.74) is 1.14. The second kappa shape index (κ2) is 9.35. The van der Waals surface area contributed by atoms with Crippen molar-refractivity contribution in [2.24, 2.45) is 0 Å². The lowest BCUT2D eigenvalue weighted by atomic mass is 10.1. The molecule has 0 aromatic heterocycles. The number of thioether (sulfide) groups is 1. The van der Waals surface area contributed by atoms with E-state index < -0.39 is 29.7 Å². The van der Waals surface area contributed by atoms with Crippen molar-refractivity contribution < 1.29 is 38.9 Å². The van der Waals surface area contributed by atoms with Gasteiger partial charge in [0.2, 0.25) is 0 Å². The van der Waals surface area contributed by atoms with E-state index in [1.165, 1.54) is 31.4 Å². The smallest absolute Gasteiger partial charge is 0.341 e. The molecular formula is C21H17NO8S. The van der Waals surface area contributed by atoms with Crippen molar-refractivity contribution in [3.8, 4) is 11.5 Å². The summed E-state index contributed by atoms with van der Waals surface area (Å²) in [5.74, 6) is -2.22. The van der Waals surface area contributed by atoms with Crippen LogP contribution in [-0.2, 0) is 16.1 Å². The number of rotatable bonds is 8. The summed E-state index contributed by atoms with van der Waals surface area (Å²) >= 11 is 0.771. The highest BCUT2D eigenvalue weighted by Gasteiger charge is 2.35. The highest BCUT2D eigenvalue weighted by molar-refractivity contribution is 8.18. The molecule has 31 heavy (non-hydrogen) atoms. The third-order valence-corrected chi connectivity index (χ3v) is 5.13. The monoisotopic (exact) mass is 443 g/mol. The number of benzene rings is 2. The van der Waals surface area contributed by atoms with E-state index in [9.17, 15) is 19.2 Å². The van der Waals surface area contributed by atoms with Crippen LogP contribution in [0, 0.1) is 0 Å². The summed E-state index contributed by atoms with van der Waals surface area (Å²) in [7, 11) is 1.39. The standard InChI is InChI=1S/C21H17NO8S/c1-29-16-8-12(5-6-15(16)30-11-18(23)24)9-17-19(25)22(21(28)31-17)10-13-3-2-4-14(7-13)20(26)27/h2-9H,10-11H2,1H3,(H,23,24)(H,26,27)/b17-9-. The number of hydrogen-bond acceptors (Lipinski definition) is 7. The van der Waals surface area contributed by atoms with E-state index in [2.05, 4.69) is 0 Å². The van der Waals surface area contributed by atoms with Gasteiger partial charge in [-0.3, -0.25) is 14.5 Å². The summed E-state index contributed by atoms with van der Waals surface area (Å²) in [4.78, 5) is 48.1. The Morgan fingerprint density at radius 2 is 1.87 bits per heavy atom. The number of carbonyl (C=O) groups excluding carboxylic acids is 2. The van der Waals surface area contributed by atoms with Crippen LogP contribution in [0.25, 0.3) is 6.08 Å². The molecule has 1 aliphatic heterocycles. The van der Waals surface area contributed by atoms with Crippen LogP contribution in [0.15, 0.2) is 47.4 Å². The molecule has 0 atom stereocenters. The van der Waals surface area contributed by atoms with Crippen LogP contribution in [0.4, 0.5) is 4.79 Å². The number of ether oxygens (including phenoxy) is 2. The Morgan fingerprint density at radius 3 is 2.55 bits per heavy atom. The van der Waals surface area contributed by atoms with Crippen LogP contribution in [0.3, 0.4) is 0 Å². The van der Waals surface area contributed by atoms with Gasteiger partial charge in [-0.05, 0) is 53.2 Å². The van der Waals surface area contributed by atoms with Crippen LogP contribution in [-0.4, -0.2) is 51.9 Å². The fourth-order valence-electron chi connectivity index (χ4n) is 2.81. The van der Waals surface area contributed by atoms with Crippen LogP contribution in [0.5, 0.6) is 11.5 Å². The zero-order chi connectivity index (χ0) is 22.5. The molecule has 0 unspecified atom stereocenters. The largest absolute Gasteiger partial charge is 0.493 e. The summed E-state index contributed by atoms with van der Waals surface area (Å²) in [6, 6.07) is 10.7. The Balaban J connectivity index is 1.79. The Kier molecular flexibility index (Phi) is 6.61. The van der Waals surface area contributed by atoms with Crippen LogP contribution < -0.4 is 9.47 Å². The first-order valence-corrected chi connectivity index (χ1v) is 9.70. The first-order chi connectivity index (χ1) is 14.8. The first kappa shape index (κ1) is 21.9. The van der Waals surface area contributed by atoms with Crippen molar-refractivity contribution >= 4 is 40.9 Å². The number of imide groups is 1. The van der Waals surface area contributed by atoms with Gasteiger partial charge in [0.25, 0.3) is 11.1 Å². The topological polar surface area (TPSA) is 130 Å². The zero-order valence-electron chi connectivity index (χ0n) is 16.2. The van der Waals surface area contributed by atoms with E-state index in [0.717, 1.165) is 16.7 Å². The van der Waals surface area contributed by atoms with Crippen molar-refractivity contribution in [3.05, 3.63) is 64.1 Å². The van der Waals surface area contributed by atoms with E-state index in [1.807, 2.05) is 0 Å². The number of carboxylic acid groups (broad SMARTS) is 2. The van der Waals surface area contributed by atoms with Crippen LogP contribution >= 0.6 is 11.8 Å². The number of methoxy groups -OCH3 is 1. The lowest BCUT2D eigenvalue weighted by molar-refractivity contribution is -0.139. The lowest BCUT2D eigenvalue weighted by Gasteiger charge is -2.13. The van der Waals surface area contributed by atoms with Crippen molar-refractivity contribution in [1.82, 2.24) is 4.90 Å². The second-order valence-corrected chi connectivity index (χ2v) is 7.36. The second-order valence-electron chi connectivity index (χ2n) is 6.37. The number of aliphatic carboxylic acids is 1. The van der Waals surface area contributed by atoms with Gasteiger partial charge in [0, 0.05) is 0 Å². The summed E-state index contributed by atoms with van der Waals surface area (Å²) < 4.78 is 10.3. The van der Waals surface area contributed by atoms with Gasteiger partial charge in [0.15, 0.2) is 18.1 Å². The van der Waals surface area contributed by atoms with E-state index in [0.29, 0.717) is 11.1 Å². The highest BCUT2D eigenvalue weighted by atomic mass is 32.2. The molecule has 1 fully saturated rings. The van der Waals surface area contributed by atoms with Crippen LogP contribution in [0.1, 0.15) is 21.5 Å². The van der Waals surface area contributed by atoms with E-state index in [4.69, 9.17) is 19.7 Å². The molecule has 1 heterocycles. The summed E-state index contributed by atoms with van der Waals surface area (Å²) in [6.45, 7) is -0.577. The maximum atomic E-state index is 12.7. The molecule has 0 bridgehead atoms. The number of carbonyl (C=O) groups is 4. The number of nitrogens with zero attached hydrogens (tertiary/aromatic N) is 1. The van der Waals surface area contributed by atoms with E-state index >= 15 is 0 Å². The molecule has 0 spiro atoms. The van der Waals surface area contributed by atoms with Gasteiger partial charge in [-0.1, -0.05) is 18.2 Å². The van der Waals surface area contributed by atoms with Gasteiger partial charge >= 0.3 is 11.9 Å². The zero-order valence-corrected chi connectivity index (χ0v) is 17.0. The molecule has 160 valence electrons. The number of amides is 2. The van der Waals surface area contributed by atoms with Gasteiger partial charge in [0.1, 0.15) is 0 Å². The van der Waals surface area contributed by atoms with E-state index in [1.54, 1.807) is 24.3 Å². The average Bonchev–Trinajstić information content (AvgIpc) is 3.00. The quantitative estimate of drug-likeness (QED) is 0.591. The fourth-order valence-corrected chi connectivity index (χ4v) is 3.64. The molecule has 0 radical (unpaired) electrons. The molecule has 1 aliphatic rings. The molecular weight excluding hydrogens is 426 g/mol. The average molecular weight is 443 g/mol. The third-order valence-electron chi connectivity index (χ3n) is 4.22. The lowest BCUT2D eigenvalue weighted by Crippen LogP contribution is -2.27. The van der Waals surface area contributed by atoms with Crippen molar-refractivity contribution in [3.63, 3.8) is 0 Å². The summed E-state index contributed by atoms with van der Waals surface area (Å²) in [6.07, 6.45) is 1.52. The highest BCUT2D eigenvalue weighted by Crippen LogP contribution is 2.35. The predicted molar refractivity (Wildman–Crippen MR) is 111 cm³/mol. The minimum absolute atomic E-state index is 0.0472.